The number of nitrogens with zero attached hydrogens (tertiary/aromatic N) is 3. The lowest BCUT2D eigenvalue weighted by Crippen LogP contribution is -2.45. The van der Waals surface area contributed by atoms with Crippen LogP contribution in [-0.4, -0.2) is 67.1 Å². The fourth-order valence-corrected chi connectivity index (χ4v) is 5.32. The molecule has 2 aromatic rings. The van der Waals surface area contributed by atoms with Crippen LogP contribution in [-0.2, 0) is 4.79 Å². The van der Waals surface area contributed by atoms with Crippen molar-refractivity contribution in [1.29, 1.82) is 16.1 Å². The molecular weight excluding hydrogens is 502 g/mol. The molecule has 2 aliphatic heterocycles. The maximum absolute atomic E-state index is 14.8. The summed E-state index contributed by atoms with van der Waals surface area (Å²) < 4.78 is 33.7. The monoisotopic (exact) mass is 534 g/mol. The summed E-state index contributed by atoms with van der Waals surface area (Å²) >= 11 is 0. The van der Waals surface area contributed by atoms with Crippen LogP contribution in [0.3, 0.4) is 0 Å². The summed E-state index contributed by atoms with van der Waals surface area (Å²) in [5.41, 5.74) is 1.10. The van der Waals surface area contributed by atoms with Crippen molar-refractivity contribution in [3.8, 4) is 11.8 Å². The predicted molar refractivity (Wildman–Crippen MR) is 144 cm³/mol. The topological polar surface area (TPSA) is 116 Å². The molecule has 3 atom stereocenters. The van der Waals surface area contributed by atoms with Gasteiger partial charge in [-0.15, -0.1) is 0 Å². The third kappa shape index (κ3) is 6.67. The highest BCUT2D eigenvalue weighted by atomic mass is 19.1. The van der Waals surface area contributed by atoms with Gasteiger partial charge in [-0.1, -0.05) is 18.2 Å². The molecular formula is C29H32F2N6O2. The molecule has 3 N–H and O–H groups in total. The molecule has 0 radical (unpaired) electrons. The smallest absolute Gasteiger partial charge is 0.228 e. The van der Waals surface area contributed by atoms with Crippen LogP contribution in [0.1, 0.15) is 35.9 Å². The number of nitrogens with one attached hydrogen (secondary N) is 3. The van der Waals surface area contributed by atoms with Crippen LogP contribution in [0.5, 0.6) is 5.75 Å². The van der Waals surface area contributed by atoms with E-state index in [2.05, 4.69) is 5.32 Å². The number of carbonyl (C=O) groups is 1. The number of amides is 1. The van der Waals surface area contributed by atoms with Gasteiger partial charge in [0.25, 0.3) is 0 Å². The van der Waals surface area contributed by atoms with E-state index >= 15 is 0 Å². The van der Waals surface area contributed by atoms with Crippen molar-refractivity contribution >= 4 is 17.5 Å². The standard InChI is InChI=1S/C29H32F2N6O2/c1-39-22-8-4-19(5-9-22)27-3-2-13-36(14-12-35-27)29(38)25-18-37(28(34)11-7-21(33)16-32)17-24(25)23-10-6-20(30)15-26(23)31/h4-11,15,24-25,27,33-35H,2-3,12-14,17-18H2,1H3/b11-7-,33-21?,34-28?/t24-,25+,27?/m0/s1. The maximum atomic E-state index is 14.8. The summed E-state index contributed by atoms with van der Waals surface area (Å²) in [7, 11) is 1.63. The van der Waals surface area contributed by atoms with Crippen molar-refractivity contribution in [1.82, 2.24) is 15.1 Å². The van der Waals surface area contributed by atoms with Gasteiger partial charge in [0.2, 0.25) is 5.91 Å². The zero-order valence-corrected chi connectivity index (χ0v) is 21.8. The fraction of sp³-hybridized carbons (Fsp3) is 0.379. The zero-order chi connectivity index (χ0) is 27.9. The van der Waals surface area contributed by atoms with Crippen molar-refractivity contribution in [2.75, 3.05) is 39.8 Å². The van der Waals surface area contributed by atoms with E-state index in [1.807, 2.05) is 24.3 Å². The Bertz CT molecular complexity index is 1280. The van der Waals surface area contributed by atoms with Crippen molar-refractivity contribution in [2.24, 2.45) is 5.92 Å². The van der Waals surface area contributed by atoms with E-state index in [4.69, 9.17) is 20.8 Å². The number of amidine groups is 1. The molecule has 1 amide bonds. The average Bonchev–Trinajstić information content (AvgIpc) is 3.36. The Hall–Kier alpha value is -4.10. The number of carbonyl (C=O) groups excluding carboxylic acids is 1. The minimum atomic E-state index is -0.718. The van der Waals surface area contributed by atoms with Gasteiger partial charge in [-0.3, -0.25) is 15.6 Å². The molecule has 2 aliphatic rings. The summed E-state index contributed by atoms with van der Waals surface area (Å²) in [5.74, 6) is -1.93. The Morgan fingerprint density at radius 3 is 2.56 bits per heavy atom. The molecule has 0 spiro atoms. The Kier molecular flexibility index (Phi) is 9.04. The van der Waals surface area contributed by atoms with Crippen LogP contribution >= 0.6 is 0 Å². The second kappa shape index (κ2) is 12.6. The van der Waals surface area contributed by atoms with Crippen molar-refractivity contribution in [3.05, 3.63) is 77.4 Å². The van der Waals surface area contributed by atoms with Gasteiger partial charge < -0.3 is 19.9 Å². The lowest BCUT2D eigenvalue weighted by Gasteiger charge is -2.32. The van der Waals surface area contributed by atoms with E-state index in [0.717, 1.165) is 30.2 Å². The Labute approximate surface area is 226 Å². The van der Waals surface area contributed by atoms with Crippen LogP contribution in [0.2, 0.25) is 0 Å². The molecule has 10 heteroatoms. The Morgan fingerprint density at radius 2 is 1.87 bits per heavy atom. The van der Waals surface area contributed by atoms with Crippen LogP contribution in [0, 0.1) is 39.7 Å². The average molecular weight is 535 g/mol. The second-order valence-electron chi connectivity index (χ2n) is 9.78. The quantitative estimate of drug-likeness (QED) is 0.382. The third-order valence-electron chi connectivity index (χ3n) is 7.39. The number of benzene rings is 2. The van der Waals surface area contributed by atoms with Crippen molar-refractivity contribution < 1.29 is 18.3 Å². The molecule has 4 rings (SSSR count). The minimum absolute atomic E-state index is 0.0227. The van der Waals surface area contributed by atoms with E-state index in [1.54, 1.807) is 23.0 Å². The summed E-state index contributed by atoms with van der Waals surface area (Å²) in [6.45, 7) is 2.00. The molecule has 1 unspecified atom stereocenters. The molecule has 0 aliphatic carbocycles. The van der Waals surface area contributed by atoms with Crippen LogP contribution in [0.15, 0.2) is 54.6 Å². The highest BCUT2D eigenvalue weighted by molar-refractivity contribution is 6.08. The minimum Gasteiger partial charge on any atom is -0.497 e. The maximum Gasteiger partial charge on any atom is 0.228 e. The summed E-state index contributed by atoms with van der Waals surface area (Å²) in [5, 5.41) is 28.2. The molecule has 39 heavy (non-hydrogen) atoms. The van der Waals surface area contributed by atoms with Gasteiger partial charge in [0.1, 0.15) is 35.0 Å². The molecule has 2 saturated heterocycles. The molecule has 0 bridgehead atoms. The van der Waals surface area contributed by atoms with Crippen molar-refractivity contribution in [2.45, 2.75) is 24.8 Å². The second-order valence-corrected chi connectivity index (χ2v) is 9.78. The van der Waals surface area contributed by atoms with Crippen LogP contribution in [0.25, 0.3) is 0 Å². The van der Waals surface area contributed by atoms with Crippen LogP contribution < -0.4 is 10.1 Å². The normalized spacial score (nSPS) is 21.7. The van der Waals surface area contributed by atoms with Crippen LogP contribution in [0.4, 0.5) is 8.78 Å². The summed E-state index contributed by atoms with van der Waals surface area (Å²) in [6, 6.07) is 13.2. The van der Waals surface area contributed by atoms with Gasteiger partial charge >= 0.3 is 0 Å². The molecule has 2 heterocycles. The molecule has 204 valence electrons. The number of halogens is 2. The number of likely N-dealkylation sites (tertiary alicyclic amines) is 1. The number of hydrogen-bond acceptors (Lipinski definition) is 6. The summed E-state index contributed by atoms with van der Waals surface area (Å²) in [6.07, 6.45) is 4.16. The number of hydrogen-bond donors (Lipinski definition) is 3. The number of methoxy groups -OCH3 is 1. The van der Waals surface area contributed by atoms with E-state index in [-0.39, 0.29) is 42.1 Å². The van der Waals surface area contributed by atoms with Gasteiger partial charge in [0.05, 0.1) is 13.0 Å². The van der Waals surface area contributed by atoms with E-state index < -0.39 is 23.5 Å². The fourth-order valence-electron chi connectivity index (χ4n) is 5.32. The third-order valence-corrected chi connectivity index (χ3v) is 7.39. The molecule has 2 fully saturated rings. The van der Waals surface area contributed by atoms with Gasteiger partial charge in [0, 0.05) is 50.7 Å². The van der Waals surface area contributed by atoms with E-state index in [1.165, 1.54) is 24.3 Å². The number of nitriles is 1. The first-order valence-corrected chi connectivity index (χ1v) is 12.9. The Morgan fingerprint density at radius 1 is 1.10 bits per heavy atom. The first kappa shape index (κ1) is 27.9. The number of ether oxygens (including phenoxy) is 1. The van der Waals surface area contributed by atoms with E-state index in [0.29, 0.717) is 19.6 Å². The first-order valence-electron chi connectivity index (χ1n) is 12.9. The number of rotatable bonds is 6. The van der Waals surface area contributed by atoms with Gasteiger partial charge in [-0.05, 0) is 54.3 Å². The molecule has 0 aromatic heterocycles. The highest BCUT2D eigenvalue weighted by Crippen LogP contribution is 2.36. The SMILES string of the molecule is COc1ccc(C2CCCN(C(=O)[C@@H]3CN(C(=N)/C=C\C(=N)C#N)C[C@H]3c3ccc(F)cc3F)CCN2)cc1. The molecule has 2 aromatic carbocycles. The number of allylic oxidation sites excluding steroid dienone is 1. The largest absolute Gasteiger partial charge is 0.497 e. The first-order chi connectivity index (χ1) is 18.8. The summed E-state index contributed by atoms with van der Waals surface area (Å²) in [4.78, 5) is 17.3. The van der Waals surface area contributed by atoms with Gasteiger partial charge in [0.15, 0.2) is 0 Å². The molecule has 8 nitrogen and oxygen atoms in total. The van der Waals surface area contributed by atoms with Crippen molar-refractivity contribution in [3.63, 3.8) is 0 Å². The Balaban J connectivity index is 1.49. The predicted octanol–water partition coefficient (Wildman–Crippen LogP) is 4.02. The lowest BCUT2D eigenvalue weighted by molar-refractivity contribution is -0.135. The van der Waals surface area contributed by atoms with Gasteiger partial charge in [-0.2, -0.15) is 5.26 Å². The molecule has 0 saturated carbocycles. The zero-order valence-electron chi connectivity index (χ0n) is 21.8. The highest BCUT2D eigenvalue weighted by Gasteiger charge is 2.42. The van der Waals surface area contributed by atoms with Gasteiger partial charge in [-0.25, -0.2) is 8.78 Å². The van der Waals surface area contributed by atoms with E-state index in [9.17, 15) is 13.6 Å². The lowest BCUT2D eigenvalue weighted by atomic mass is 9.87.